The highest BCUT2D eigenvalue weighted by molar-refractivity contribution is 6.30. The number of hydrogen-bond donors (Lipinski definition) is 4. The van der Waals surface area contributed by atoms with Crippen LogP contribution >= 0.6 is 11.6 Å². The number of aromatic nitrogens is 4. The lowest BCUT2D eigenvalue weighted by Gasteiger charge is -2.18. The van der Waals surface area contributed by atoms with Gasteiger partial charge in [-0.15, -0.1) is 0 Å². The second-order valence-electron chi connectivity index (χ2n) is 7.23. The lowest BCUT2D eigenvalue weighted by Crippen LogP contribution is -2.30. The lowest BCUT2D eigenvalue weighted by atomic mass is 10.1. The SMILES string of the molecule is Cc1cc(Nc2cnc(C(=O)N3CCC(CO)C3)c(Nc3ccc(Cl)cc3)n2)n[nH]1. The molecule has 3 heterocycles. The fraction of sp³-hybridized carbons (Fsp3) is 0.300. The summed E-state index contributed by atoms with van der Waals surface area (Å²) < 4.78 is 0. The first-order valence-electron chi connectivity index (χ1n) is 9.60. The maximum Gasteiger partial charge on any atom is 0.276 e. The molecule has 1 atom stereocenters. The largest absolute Gasteiger partial charge is 0.396 e. The van der Waals surface area contributed by atoms with E-state index in [0.717, 1.165) is 17.8 Å². The van der Waals surface area contributed by atoms with Crippen LogP contribution in [0.25, 0.3) is 0 Å². The molecule has 4 rings (SSSR count). The van der Waals surface area contributed by atoms with E-state index in [2.05, 4.69) is 30.8 Å². The maximum absolute atomic E-state index is 13.1. The molecule has 156 valence electrons. The van der Waals surface area contributed by atoms with Gasteiger partial charge >= 0.3 is 0 Å². The Bertz CT molecular complexity index is 1040. The molecule has 1 aliphatic heterocycles. The van der Waals surface area contributed by atoms with Crippen LogP contribution in [-0.4, -0.2) is 55.8 Å². The van der Waals surface area contributed by atoms with Gasteiger partial charge in [0.25, 0.3) is 5.91 Å². The summed E-state index contributed by atoms with van der Waals surface area (Å²) in [5.74, 6) is 1.25. The smallest absolute Gasteiger partial charge is 0.276 e. The van der Waals surface area contributed by atoms with Crippen LogP contribution in [0.3, 0.4) is 0 Å². The van der Waals surface area contributed by atoms with Gasteiger partial charge in [-0.3, -0.25) is 9.89 Å². The number of anilines is 4. The third kappa shape index (κ3) is 4.52. The first-order valence-corrected chi connectivity index (χ1v) is 9.98. The Balaban J connectivity index is 1.63. The van der Waals surface area contributed by atoms with Crippen molar-refractivity contribution in [3.63, 3.8) is 0 Å². The fourth-order valence-corrected chi connectivity index (χ4v) is 3.42. The Hall–Kier alpha value is -3.17. The zero-order valence-electron chi connectivity index (χ0n) is 16.4. The third-order valence-electron chi connectivity index (χ3n) is 4.88. The number of benzene rings is 1. The van der Waals surface area contributed by atoms with Crippen molar-refractivity contribution in [1.29, 1.82) is 0 Å². The molecule has 1 unspecified atom stereocenters. The van der Waals surface area contributed by atoms with Crippen LogP contribution in [0.1, 0.15) is 22.6 Å². The number of nitrogens with one attached hydrogen (secondary N) is 3. The van der Waals surface area contributed by atoms with Crippen molar-refractivity contribution in [1.82, 2.24) is 25.1 Å². The summed E-state index contributed by atoms with van der Waals surface area (Å²) >= 11 is 5.97. The number of carbonyl (C=O) groups excluding carboxylic acids is 1. The summed E-state index contributed by atoms with van der Waals surface area (Å²) in [6.45, 7) is 3.05. The van der Waals surface area contributed by atoms with Crippen molar-refractivity contribution < 1.29 is 9.90 Å². The number of amides is 1. The molecule has 1 fully saturated rings. The molecule has 0 spiro atoms. The van der Waals surface area contributed by atoms with E-state index in [1.54, 1.807) is 29.2 Å². The van der Waals surface area contributed by atoms with Crippen molar-refractivity contribution in [2.75, 3.05) is 30.3 Å². The number of hydrogen-bond acceptors (Lipinski definition) is 7. The number of H-pyrrole nitrogens is 1. The Morgan fingerprint density at radius 1 is 1.30 bits per heavy atom. The maximum atomic E-state index is 13.1. The minimum absolute atomic E-state index is 0.0667. The van der Waals surface area contributed by atoms with Gasteiger partial charge in [-0.1, -0.05) is 11.6 Å². The Kier molecular flexibility index (Phi) is 5.82. The van der Waals surface area contributed by atoms with E-state index >= 15 is 0 Å². The summed E-state index contributed by atoms with van der Waals surface area (Å²) in [7, 11) is 0. The van der Waals surface area contributed by atoms with E-state index in [9.17, 15) is 9.90 Å². The number of nitrogens with zero attached hydrogens (tertiary/aromatic N) is 4. The Morgan fingerprint density at radius 3 is 2.77 bits per heavy atom. The van der Waals surface area contributed by atoms with E-state index in [0.29, 0.717) is 35.6 Å². The van der Waals surface area contributed by atoms with Gasteiger partial charge in [-0.2, -0.15) is 5.10 Å². The monoisotopic (exact) mass is 427 g/mol. The van der Waals surface area contributed by atoms with Crippen LogP contribution < -0.4 is 10.6 Å². The van der Waals surface area contributed by atoms with E-state index in [1.165, 1.54) is 6.20 Å². The van der Waals surface area contributed by atoms with Crippen molar-refractivity contribution in [3.8, 4) is 0 Å². The minimum Gasteiger partial charge on any atom is -0.396 e. The molecule has 0 saturated carbocycles. The first-order chi connectivity index (χ1) is 14.5. The molecule has 4 N–H and O–H groups in total. The number of rotatable bonds is 6. The summed E-state index contributed by atoms with van der Waals surface area (Å²) in [4.78, 5) is 23.7. The third-order valence-corrected chi connectivity index (χ3v) is 5.13. The zero-order chi connectivity index (χ0) is 21.1. The average Bonchev–Trinajstić information content (AvgIpc) is 3.38. The van der Waals surface area contributed by atoms with Crippen molar-refractivity contribution >= 4 is 40.6 Å². The van der Waals surface area contributed by atoms with Gasteiger partial charge in [0.15, 0.2) is 23.1 Å². The molecule has 1 saturated heterocycles. The highest BCUT2D eigenvalue weighted by atomic mass is 35.5. The van der Waals surface area contributed by atoms with E-state index in [1.807, 2.05) is 13.0 Å². The van der Waals surface area contributed by atoms with Crippen molar-refractivity contribution in [2.45, 2.75) is 13.3 Å². The van der Waals surface area contributed by atoms with Crippen LogP contribution in [0.2, 0.25) is 5.02 Å². The highest BCUT2D eigenvalue weighted by Gasteiger charge is 2.29. The topological polar surface area (TPSA) is 119 Å². The number of likely N-dealkylation sites (tertiary alicyclic amines) is 1. The molecular weight excluding hydrogens is 406 g/mol. The lowest BCUT2D eigenvalue weighted by molar-refractivity contribution is 0.0777. The quantitative estimate of drug-likeness (QED) is 0.477. The van der Waals surface area contributed by atoms with E-state index in [4.69, 9.17) is 11.6 Å². The normalized spacial score (nSPS) is 16.0. The Labute approximate surface area is 178 Å². The van der Waals surface area contributed by atoms with Crippen LogP contribution in [0.4, 0.5) is 23.1 Å². The highest BCUT2D eigenvalue weighted by Crippen LogP contribution is 2.25. The standard InChI is InChI=1S/C20H22ClN7O2/c1-12-8-16(27-26-12)24-17-9-22-18(20(30)28-7-6-13(10-28)11-29)19(25-17)23-15-4-2-14(21)3-5-15/h2-5,8-9,13,29H,6-7,10-11H2,1H3,(H3,23,24,25,26,27). The molecule has 30 heavy (non-hydrogen) atoms. The molecule has 0 bridgehead atoms. The molecule has 9 nitrogen and oxygen atoms in total. The molecule has 0 radical (unpaired) electrons. The first kappa shape index (κ1) is 20.1. The van der Waals surface area contributed by atoms with E-state index in [-0.39, 0.29) is 24.1 Å². The van der Waals surface area contributed by atoms with Gasteiger partial charge in [0.2, 0.25) is 0 Å². The predicted molar refractivity (Wildman–Crippen MR) is 114 cm³/mol. The van der Waals surface area contributed by atoms with E-state index < -0.39 is 0 Å². The van der Waals surface area contributed by atoms with Gasteiger partial charge in [0.1, 0.15) is 0 Å². The molecule has 1 aromatic carbocycles. The fourth-order valence-electron chi connectivity index (χ4n) is 3.29. The molecule has 10 heteroatoms. The number of halogens is 1. The van der Waals surface area contributed by atoms with Crippen molar-refractivity contribution in [3.05, 3.63) is 52.9 Å². The number of aromatic amines is 1. The molecular formula is C20H22ClN7O2. The summed E-state index contributed by atoms with van der Waals surface area (Å²) in [5, 5.41) is 23.2. The molecule has 1 aliphatic rings. The summed E-state index contributed by atoms with van der Waals surface area (Å²) in [6.07, 6.45) is 2.28. The second kappa shape index (κ2) is 8.68. The Morgan fingerprint density at radius 2 is 2.10 bits per heavy atom. The van der Waals surface area contributed by atoms with Crippen molar-refractivity contribution in [2.24, 2.45) is 5.92 Å². The second-order valence-corrected chi connectivity index (χ2v) is 7.67. The molecule has 3 aromatic rings. The number of aliphatic hydroxyl groups is 1. The summed E-state index contributed by atoms with van der Waals surface area (Å²) in [5.41, 5.74) is 1.85. The van der Waals surface area contributed by atoms with Crippen LogP contribution in [-0.2, 0) is 0 Å². The number of aryl methyl sites for hydroxylation is 1. The van der Waals surface area contributed by atoms with Gasteiger partial charge in [-0.25, -0.2) is 9.97 Å². The summed E-state index contributed by atoms with van der Waals surface area (Å²) in [6, 6.07) is 8.94. The minimum atomic E-state index is -0.225. The van der Waals surface area contributed by atoms with Gasteiger partial charge in [-0.05, 0) is 37.6 Å². The molecule has 1 amide bonds. The number of carbonyl (C=O) groups is 1. The van der Waals surface area contributed by atoms with Gasteiger partial charge in [0.05, 0.1) is 6.20 Å². The molecule has 2 aromatic heterocycles. The van der Waals surface area contributed by atoms with Crippen LogP contribution in [0, 0.1) is 12.8 Å². The molecule has 0 aliphatic carbocycles. The van der Waals surface area contributed by atoms with Crippen LogP contribution in [0.5, 0.6) is 0 Å². The zero-order valence-corrected chi connectivity index (χ0v) is 17.1. The number of aliphatic hydroxyl groups excluding tert-OH is 1. The van der Waals surface area contributed by atoms with Gasteiger partial charge in [0, 0.05) is 48.1 Å². The van der Waals surface area contributed by atoms with Gasteiger partial charge < -0.3 is 20.6 Å². The average molecular weight is 428 g/mol. The predicted octanol–water partition coefficient (Wildman–Crippen LogP) is 3.10. The van der Waals surface area contributed by atoms with Crippen LogP contribution in [0.15, 0.2) is 36.5 Å².